The summed E-state index contributed by atoms with van der Waals surface area (Å²) in [6, 6.07) is 13.0. The van der Waals surface area contributed by atoms with Crippen LogP contribution in [0.3, 0.4) is 0 Å². The Morgan fingerprint density at radius 1 is 1.04 bits per heavy atom. The average molecular weight is 399 g/mol. The number of aromatic nitrogens is 1. The Hall–Kier alpha value is -3.26. The number of hydrogen-bond acceptors (Lipinski definition) is 4. The number of sulfonamides is 1. The maximum Gasteiger partial charge on any atom is 0.262 e. The lowest BCUT2D eigenvalue weighted by atomic mass is 10.1. The predicted octanol–water partition coefficient (Wildman–Crippen LogP) is 3.26. The van der Waals surface area contributed by atoms with Crippen molar-refractivity contribution in [1.82, 2.24) is 10.3 Å². The van der Waals surface area contributed by atoms with Crippen LogP contribution in [0.4, 0.5) is 10.1 Å². The van der Waals surface area contributed by atoms with Crippen molar-refractivity contribution in [2.24, 2.45) is 0 Å². The molecular formula is C20H18FN3O3S. The molecule has 2 N–H and O–H groups in total. The zero-order valence-corrected chi connectivity index (χ0v) is 15.8. The zero-order chi connectivity index (χ0) is 20.1. The van der Waals surface area contributed by atoms with Gasteiger partial charge in [-0.3, -0.25) is 14.5 Å². The van der Waals surface area contributed by atoms with Crippen LogP contribution in [-0.2, 0) is 16.6 Å². The molecule has 3 rings (SSSR count). The first-order valence-corrected chi connectivity index (χ1v) is 9.89. The fourth-order valence-corrected chi connectivity index (χ4v) is 3.87. The fourth-order valence-electron chi connectivity index (χ4n) is 2.54. The highest BCUT2D eigenvalue weighted by Crippen LogP contribution is 2.21. The first-order valence-electron chi connectivity index (χ1n) is 8.41. The van der Waals surface area contributed by atoms with Crippen molar-refractivity contribution in [1.29, 1.82) is 0 Å². The molecule has 0 bridgehead atoms. The second-order valence-corrected chi connectivity index (χ2v) is 7.78. The molecule has 0 unspecified atom stereocenters. The molecule has 0 aliphatic carbocycles. The molecule has 3 aromatic rings. The van der Waals surface area contributed by atoms with Crippen LogP contribution in [0.15, 0.2) is 71.9 Å². The summed E-state index contributed by atoms with van der Waals surface area (Å²) in [5.41, 5.74) is 1.81. The number of anilines is 1. The number of aryl methyl sites for hydroxylation is 1. The number of rotatable bonds is 6. The van der Waals surface area contributed by atoms with E-state index in [-0.39, 0.29) is 16.1 Å². The third-order valence-electron chi connectivity index (χ3n) is 4.04. The van der Waals surface area contributed by atoms with E-state index < -0.39 is 21.7 Å². The van der Waals surface area contributed by atoms with Gasteiger partial charge in [0.2, 0.25) is 0 Å². The summed E-state index contributed by atoms with van der Waals surface area (Å²) < 4.78 is 40.8. The molecule has 0 radical (unpaired) electrons. The van der Waals surface area contributed by atoms with E-state index in [1.807, 2.05) is 0 Å². The zero-order valence-electron chi connectivity index (χ0n) is 15.0. The van der Waals surface area contributed by atoms with Crippen molar-refractivity contribution in [2.45, 2.75) is 18.4 Å². The monoisotopic (exact) mass is 399 g/mol. The Labute approximate surface area is 162 Å². The standard InChI is InChI=1S/C20H18FN3O3S/c1-14-2-3-16(20(25)23-13-15-8-10-22-11-9-15)12-19(14)28(26,27)24-18-6-4-17(21)5-7-18/h2-12,24H,13H2,1H3,(H,23,25). The Balaban J connectivity index is 1.80. The molecule has 28 heavy (non-hydrogen) atoms. The van der Waals surface area contributed by atoms with Gasteiger partial charge in [0.15, 0.2) is 0 Å². The smallest absolute Gasteiger partial charge is 0.262 e. The van der Waals surface area contributed by atoms with E-state index in [0.717, 1.165) is 17.7 Å². The van der Waals surface area contributed by atoms with Gasteiger partial charge in [0.1, 0.15) is 5.82 Å². The molecule has 144 valence electrons. The van der Waals surface area contributed by atoms with Crippen molar-refractivity contribution in [3.05, 3.63) is 89.5 Å². The summed E-state index contributed by atoms with van der Waals surface area (Å²) in [5.74, 6) is -0.859. The summed E-state index contributed by atoms with van der Waals surface area (Å²) in [6.45, 7) is 1.93. The summed E-state index contributed by atoms with van der Waals surface area (Å²) >= 11 is 0. The Bertz CT molecular complexity index is 1090. The van der Waals surface area contributed by atoms with E-state index in [4.69, 9.17) is 0 Å². The number of halogens is 1. The summed E-state index contributed by atoms with van der Waals surface area (Å²) in [5, 5.41) is 2.75. The highest BCUT2D eigenvalue weighted by Gasteiger charge is 2.19. The van der Waals surface area contributed by atoms with Crippen LogP contribution in [-0.4, -0.2) is 19.3 Å². The number of benzene rings is 2. The molecule has 0 atom stereocenters. The maximum absolute atomic E-state index is 13.0. The van der Waals surface area contributed by atoms with Crippen LogP contribution in [0.2, 0.25) is 0 Å². The Kier molecular flexibility index (Phi) is 5.70. The third-order valence-corrected chi connectivity index (χ3v) is 5.56. The molecule has 1 aromatic heterocycles. The second-order valence-electron chi connectivity index (χ2n) is 6.13. The minimum absolute atomic E-state index is 0.0200. The van der Waals surface area contributed by atoms with E-state index in [1.165, 1.54) is 18.2 Å². The van der Waals surface area contributed by atoms with Crippen molar-refractivity contribution in [3.8, 4) is 0 Å². The van der Waals surface area contributed by atoms with Gasteiger partial charge in [-0.2, -0.15) is 0 Å². The lowest BCUT2D eigenvalue weighted by Gasteiger charge is -2.12. The van der Waals surface area contributed by atoms with Gasteiger partial charge in [-0.1, -0.05) is 6.07 Å². The van der Waals surface area contributed by atoms with E-state index in [9.17, 15) is 17.6 Å². The van der Waals surface area contributed by atoms with Crippen LogP contribution >= 0.6 is 0 Å². The number of carbonyl (C=O) groups is 1. The third kappa shape index (κ3) is 4.72. The summed E-state index contributed by atoms with van der Waals surface area (Å²) in [7, 11) is -3.94. The first-order chi connectivity index (χ1) is 13.3. The van der Waals surface area contributed by atoms with E-state index in [2.05, 4.69) is 15.0 Å². The molecule has 0 aliphatic heterocycles. The second kappa shape index (κ2) is 8.18. The lowest BCUT2D eigenvalue weighted by Crippen LogP contribution is -2.23. The Morgan fingerprint density at radius 3 is 2.39 bits per heavy atom. The SMILES string of the molecule is Cc1ccc(C(=O)NCc2ccncc2)cc1S(=O)(=O)Nc1ccc(F)cc1. The first kappa shape index (κ1) is 19.5. The van der Waals surface area contributed by atoms with Gasteiger partial charge in [-0.15, -0.1) is 0 Å². The Morgan fingerprint density at radius 2 is 1.71 bits per heavy atom. The van der Waals surface area contributed by atoms with Gasteiger partial charge in [0.25, 0.3) is 15.9 Å². The van der Waals surface area contributed by atoms with Crippen LogP contribution in [0.1, 0.15) is 21.5 Å². The number of pyridine rings is 1. The van der Waals surface area contributed by atoms with Crippen molar-refractivity contribution >= 4 is 21.6 Å². The molecule has 1 amide bonds. The largest absolute Gasteiger partial charge is 0.348 e. The number of carbonyl (C=O) groups excluding carboxylic acids is 1. The van der Waals surface area contributed by atoms with E-state index in [1.54, 1.807) is 43.6 Å². The summed E-state index contributed by atoms with van der Waals surface area (Å²) in [6.07, 6.45) is 3.25. The molecule has 0 fully saturated rings. The maximum atomic E-state index is 13.0. The van der Waals surface area contributed by atoms with Gasteiger partial charge >= 0.3 is 0 Å². The van der Waals surface area contributed by atoms with E-state index >= 15 is 0 Å². The molecule has 1 heterocycles. The van der Waals surface area contributed by atoms with Crippen LogP contribution in [0.5, 0.6) is 0 Å². The fraction of sp³-hybridized carbons (Fsp3) is 0.100. The van der Waals surface area contributed by atoms with Gasteiger partial charge in [0, 0.05) is 30.2 Å². The molecule has 0 aliphatic rings. The van der Waals surface area contributed by atoms with Gasteiger partial charge < -0.3 is 5.32 Å². The quantitative estimate of drug-likeness (QED) is 0.666. The van der Waals surface area contributed by atoms with Crippen molar-refractivity contribution in [3.63, 3.8) is 0 Å². The molecule has 8 heteroatoms. The van der Waals surface area contributed by atoms with Crippen molar-refractivity contribution < 1.29 is 17.6 Å². The van der Waals surface area contributed by atoms with Gasteiger partial charge in [-0.25, -0.2) is 12.8 Å². The number of amides is 1. The summed E-state index contributed by atoms with van der Waals surface area (Å²) in [4.78, 5) is 16.3. The topological polar surface area (TPSA) is 88.2 Å². The number of nitrogens with one attached hydrogen (secondary N) is 2. The average Bonchev–Trinajstić information content (AvgIpc) is 2.69. The number of nitrogens with zero attached hydrogens (tertiary/aromatic N) is 1. The van der Waals surface area contributed by atoms with Gasteiger partial charge in [0.05, 0.1) is 4.90 Å². The predicted molar refractivity (Wildman–Crippen MR) is 104 cm³/mol. The molecule has 0 saturated carbocycles. The normalized spacial score (nSPS) is 11.1. The number of hydrogen-bond donors (Lipinski definition) is 2. The molecule has 0 saturated heterocycles. The highest BCUT2D eigenvalue weighted by atomic mass is 32.2. The van der Waals surface area contributed by atoms with Crippen LogP contribution in [0, 0.1) is 12.7 Å². The van der Waals surface area contributed by atoms with E-state index in [0.29, 0.717) is 12.1 Å². The minimum Gasteiger partial charge on any atom is -0.348 e. The highest BCUT2D eigenvalue weighted by molar-refractivity contribution is 7.92. The van der Waals surface area contributed by atoms with Crippen LogP contribution in [0.25, 0.3) is 0 Å². The van der Waals surface area contributed by atoms with Crippen molar-refractivity contribution in [2.75, 3.05) is 4.72 Å². The molecule has 6 nitrogen and oxygen atoms in total. The molecule has 2 aromatic carbocycles. The molecular weight excluding hydrogens is 381 g/mol. The minimum atomic E-state index is -3.94. The van der Waals surface area contributed by atoms with Gasteiger partial charge in [-0.05, 0) is 66.6 Å². The molecule has 0 spiro atoms. The lowest BCUT2D eigenvalue weighted by molar-refractivity contribution is 0.0950. The van der Waals surface area contributed by atoms with Crippen LogP contribution < -0.4 is 10.0 Å².